The fourth-order valence-electron chi connectivity index (χ4n) is 2.61. The Bertz CT molecular complexity index is 315. The van der Waals surface area contributed by atoms with Crippen molar-refractivity contribution in [3.05, 3.63) is 0 Å². The summed E-state index contributed by atoms with van der Waals surface area (Å²) in [7, 11) is -2.74. The van der Waals surface area contributed by atoms with Gasteiger partial charge in [0.05, 0.1) is 11.5 Å². The van der Waals surface area contributed by atoms with Gasteiger partial charge in [-0.25, -0.2) is 8.42 Å². The van der Waals surface area contributed by atoms with Crippen molar-refractivity contribution in [3.8, 4) is 0 Å². The second kappa shape index (κ2) is 4.39. The minimum atomic E-state index is -2.74. The molecule has 2 atom stereocenters. The zero-order valence-electron chi connectivity index (χ0n) is 9.28. The van der Waals surface area contributed by atoms with Crippen LogP contribution in [0.4, 0.5) is 0 Å². The van der Waals surface area contributed by atoms with Crippen molar-refractivity contribution >= 4 is 9.84 Å². The second-order valence-electron chi connectivity index (χ2n) is 4.68. The maximum absolute atomic E-state index is 11.4. The van der Waals surface area contributed by atoms with Crippen LogP contribution in [-0.4, -0.2) is 56.5 Å². The van der Waals surface area contributed by atoms with E-state index in [2.05, 4.69) is 17.1 Å². The Balaban J connectivity index is 2.03. The first-order valence-corrected chi connectivity index (χ1v) is 7.57. The molecule has 2 aliphatic heterocycles. The smallest absolute Gasteiger partial charge is 0.151 e. The molecule has 0 aromatic carbocycles. The zero-order chi connectivity index (χ0) is 10.9. The standard InChI is InChI=1S/C10H20N2O2S/c1-9-2-4-11-5-6-12(9)10-3-7-15(13,14)8-10/h9-11H,2-8H2,1H3. The quantitative estimate of drug-likeness (QED) is 0.683. The van der Waals surface area contributed by atoms with Crippen LogP contribution in [-0.2, 0) is 9.84 Å². The zero-order valence-corrected chi connectivity index (χ0v) is 10.1. The van der Waals surface area contributed by atoms with E-state index in [9.17, 15) is 8.42 Å². The summed E-state index contributed by atoms with van der Waals surface area (Å²) in [5.41, 5.74) is 0. The molecule has 15 heavy (non-hydrogen) atoms. The van der Waals surface area contributed by atoms with E-state index in [1.54, 1.807) is 0 Å². The Labute approximate surface area is 91.9 Å². The minimum absolute atomic E-state index is 0.268. The molecule has 0 aliphatic carbocycles. The Morgan fingerprint density at radius 2 is 2.07 bits per heavy atom. The Morgan fingerprint density at radius 1 is 1.27 bits per heavy atom. The van der Waals surface area contributed by atoms with Crippen LogP contribution in [0.5, 0.6) is 0 Å². The van der Waals surface area contributed by atoms with Crippen molar-refractivity contribution in [1.82, 2.24) is 10.2 Å². The van der Waals surface area contributed by atoms with Crippen molar-refractivity contribution in [2.24, 2.45) is 0 Å². The summed E-state index contributed by atoms with van der Waals surface area (Å²) in [6.07, 6.45) is 1.95. The lowest BCUT2D eigenvalue weighted by atomic mass is 10.1. The number of hydrogen-bond acceptors (Lipinski definition) is 4. The van der Waals surface area contributed by atoms with Gasteiger partial charge in [0.25, 0.3) is 0 Å². The van der Waals surface area contributed by atoms with Gasteiger partial charge < -0.3 is 5.32 Å². The normalized spacial score (nSPS) is 37.7. The van der Waals surface area contributed by atoms with Gasteiger partial charge in [-0.15, -0.1) is 0 Å². The van der Waals surface area contributed by atoms with Gasteiger partial charge in [0.1, 0.15) is 0 Å². The first kappa shape index (κ1) is 11.4. The molecule has 0 aromatic rings. The molecule has 2 saturated heterocycles. The summed E-state index contributed by atoms with van der Waals surface area (Å²) < 4.78 is 22.9. The summed E-state index contributed by atoms with van der Waals surface area (Å²) in [6.45, 7) is 5.23. The van der Waals surface area contributed by atoms with Gasteiger partial charge in [-0.3, -0.25) is 4.90 Å². The predicted octanol–water partition coefficient (Wildman–Crippen LogP) is -0.143. The molecule has 2 aliphatic rings. The summed E-state index contributed by atoms with van der Waals surface area (Å²) in [4.78, 5) is 2.38. The molecule has 5 heteroatoms. The number of sulfone groups is 1. The van der Waals surface area contributed by atoms with Crippen LogP contribution in [0.1, 0.15) is 19.8 Å². The van der Waals surface area contributed by atoms with E-state index in [0.717, 1.165) is 32.5 Å². The number of nitrogens with one attached hydrogen (secondary N) is 1. The van der Waals surface area contributed by atoms with Gasteiger partial charge in [0.2, 0.25) is 0 Å². The molecule has 2 fully saturated rings. The van der Waals surface area contributed by atoms with Crippen LogP contribution >= 0.6 is 0 Å². The van der Waals surface area contributed by atoms with E-state index in [0.29, 0.717) is 17.5 Å². The van der Waals surface area contributed by atoms with Crippen molar-refractivity contribution in [2.75, 3.05) is 31.1 Å². The van der Waals surface area contributed by atoms with Crippen LogP contribution < -0.4 is 5.32 Å². The van der Waals surface area contributed by atoms with Crippen molar-refractivity contribution in [3.63, 3.8) is 0 Å². The summed E-state index contributed by atoms with van der Waals surface area (Å²) in [5, 5.41) is 3.36. The molecular weight excluding hydrogens is 212 g/mol. The van der Waals surface area contributed by atoms with E-state index in [1.807, 2.05) is 0 Å². The summed E-state index contributed by atoms with van der Waals surface area (Å²) >= 11 is 0. The third-order valence-electron chi connectivity index (χ3n) is 3.53. The maximum atomic E-state index is 11.4. The lowest BCUT2D eigenvalue weighted by molar-refractivity contribution is 0.166. The third-order valence-corrected chi connectivity index (χ3v) is 5.28. The number of rotatable bonds is 1. The van der Waals surface area contributed by atoms with E-state index in [1.165, 1.54) is 0 Å². The van der Waals surface area contributed by atoms with Gasteiger partial charge in [-0.05, 0) is 26.3 Å². The molecule has 0 amide bonds. The highest BCUT2D eigenvalue weighted by Gasteiger charge is 2.34. The lowest BCUT2D eigenvalue weighted by Gasteiger charge is -2.31. The Morgan fingerprint density at radius 3 is 2.73 bits per heavy atom. The molecule has 0 radical (unpaired) electrons. The van der Waals surface area contributed by atoms with Crippen molar-refractivity contribution < 1.29 is 8.42 Å². The van der Waals surface area contributed by atoms with Crippen molar-refractivity contribution in [2.45, 2.75) is 31.8 Å². The molecular formula is C10H20N2O2S. The Kier molecular flexibility index (Phi) is 3.33. The van der Waals surface area contributed by atoms with E-state index in [4.69, 9.17) is 0 Å². The lowest BCUT2D eigenvalue weighted by Crippen LogP contribution is -2.43. The predicted molar refractivity (Wildman–Crippen MR) is 60.7 cm³/mol. The highest BCUT2D eigenvalue weighted by molar-refractivity contribution is 7.91. The van der Waals surface area contributed by atoms with Crippen LogP contribution in [0, 0.1) is 0 Å². The van der Waals surface area contributed by atoms with Crippen LogP contribution in [0.25, 0.3) is 0 Å². The average molecular weight is 232 g/mol. The maximum Gasteiger partial charge on any atom is 0.151 e. The van der Waals surface area contributed by atoms with Crippen molar-refractivity contribution in [1.29, 1.82) is 0 Å². The molecule has 4 nitrogen and oxygen atoms in total. The largest absolute Gasteiger partial charge is 0.315 e. The van der Waals surface area contributed by atoms with E-state index in [-0.39, 0.29) is 6.04 Å². The fourth-order valence-corrected chi connectivity index (χ4v) is 4.35. The molecule has 2 rings (SSSR count). The van der Waals surface area contributed by atoms with Gasteiger partial charge in [-0.1, -0.05) is 0 Å². The molecule has 0 aromatic heterocycles. The first-order chi connectivity index (χ1) is 7.08. The van der Waals surface area contributed by atoms with E-state index < -0.39 is 9.84 Å². The number of nitrogens with zero attached hydrogens (tertiary/aromatic N) is 1. The molecule has 2 unspecified atom stereocenters. The second-order valence-corrected chi connectivity index (χ2v) is 6.91. The van der Waals surface area contributed by atoms with Gasteiger partial charge in [0, 0.05) is 25.2 Å². The van der Waals surface area contributed by atoms with Gasteiger partial charge in [0.15, 0.2) is 9.84 Å². The number of hydrogen-bond donors (Lipinski definition) is 1. The monoisotopic (exact) mass is 232 g/mol. The molecule has 88 valence electrons. The molecule has 1 N–H and O–H groups in total. The van der Waals surface area contributed by atoms with E-state index >= 15 is 0 Å². The first-order valence-electron chi connectivity index (χ1n) is 5.75. The topological polar surface area (TPSA) is 49.4 Å². The molecule has 0 saturated carbocycles. The SMILES string of the molecule is CC1CCNCCN1C1CCS(=O)(=O)C1. The molecule has 2 heterocycles. The van der Waals surface area contributed by atoms with Gasteiger partial charge in [-0.2, -0.15) is 0 Å². The fraction of sp³-hybridized carbons (Fsp3) is 1.00. The minimum Gasteiger partial charge on any atom is -0.315 e. The molecule has 0 spiro atoms. The highest BCUT2D eigenvalue weighted by atomic mass is 32.2. The van der Waals surface area contributed by atoms with Crippen LogP contribution in [0.15, 0.2) is 0 Å². The average Bonchev–Trinajstić information content (AvgIpc) is 2.39. The molecule has 0 bridgehead atoms. The summed E-state index contributed by atoms with van der Waals surface area (Å²) in [6, 6.07) is 0.781. The third kappa shape index (κ3) is 2.71. The summed E-state index contributed by atoms with van der Waals surface area (Å²) in [5.74, 6) is 0.756. The van der Waals surface area contributed by atoms with Gasteiger partial charge >= 0.3 is 0 Å². The Hall–Kier alpha value is -0.130. The van der Waals surface area contributed by atoms with Crippen LogP contribution in [0.2, 0.25) is 0 Å². The van der Waals surface area contributed by atoms with Crippen LogP contribution in [0.3, 0.4) is 0 Å². The highest BCUT2D eigenvalue weighted by Crippen LogP contribution is 2.21.